The number of anilines is 1. The fourth-order valence-electron chi connectivity index (χ4n) is 4.79. The molecule has 4 rings (SSSR count). The fraction of sp³-hybridized carbons (Fsp3) is 0.433. The molecular weight excluding hydrogens is 498 g/mol. The van der Waals surface area contributed by atoms with Gasteiger partial charge in [-0.3, -0.25) is 19.7 Å². The molecule has 0 aliphatic heterocycles. The number of esters is 1. The Morgan fingerprint density at radius 3 is 2.26 bits per heavy atom. The number of nitrogens with one attached hydrogen (secondary N) is 1. The number of ketones is 1. The Hall–Kier alpha value is -3.39. The lowest BCUT2D eigenvalue weighted by atomic mass is 9.77. The summed E-state index contributed by atoms with van der Waals surface area (Å²) < 4.78 is 5.47. The van der Waals surface area contributed by atoms with Crippen LogP contribution in [0.15, 0.2) is 54.6 Å². The molecule has 0 spiro atoms. The van der Waals surface area contributed by atoms with E-state index < -0.39 is 5.60 Å². The van der Waals surface area contributed by atoms with Crippen molar-refractivity contribution in [3.05, 3.63) is 76.3 Å². The van der Waals surface area contributed by atoms with Crippen molar-refractivity contribution < 1.29 is 19.1 Å². The van der Waals surface area contributed by atoms with Gasteiger partial charge in [0.05, 0.1) is 0 Å². The second-order valence-electron chi connectivity index (χ2n) is 10.9. The number of rotatable bonds is 9. The second-order valence-corrected chi connectivity index (χ2v) is 11.9. The molecule has 0 unspecified atom stereocenters. The minimum absolute atomic E-state index is 0.0583. The summed E-state index contributed by atoms with van der Waals surface area (Å²) in [6, 6.07) is 16.9. The highest BCUT2D eigenvalue weighted by atomic mass is 32.1. The fourth-order valence-corrected chi connectivity index (χ4v) is 5.52. The maximum Gasteiger partial charge on any atom is 0.306 e. The molecule has 2 aromatic carbocycles. The van der Waals surface area contributed by atoms with E-state index >= 15 is 0 Å². The first-order valence-corrected chi connectivity index (χ1v) is 14.0. The Morgan fingerprint density at radius 1 is 0.921 bits per heavy atom. The summed E-state index contributed by atoms with van der Waals surface area (Å²) in [7, 11) is 0. The second kappa shape index (κ2) is 12.4. The predicted molar refractivity (Wildman–Crippen MR) is 149 cm³/mol. The number of hydrogen-bond donors (Lipinski definition) is 1. The Kier molecular flexibility index (Phi) is 9.05. The van der Waals surface area contributed by atoms with Crippen molar-refractivity contribution in [1.82, 2.24) is 10.2 Å². The van der Waals surface area contributed by atoms with E-state index in [1.807, 2.05) is 63.2 Å². The molecule has 0 atom stereocenters. The van der Waals surface area contributed by atoms with E-state index in [2.05, 4.69) is 15.5 Å². The summed E-state index contributed by atoms with van der Waals surface area (Å²) in [5.41, 5.74) is 2.02. The van der Waals surface area contributed by atoms with Gasteiger partial charge in [-0.25, -0.2) is 0 Å². The maximum atomic E-state index is 12.7. The first-order chi connectivity index (χ1) is 18.2. The number of carbonyl (C=O) groups is 3. The minimum atomic E-state index is -0.441. The Balaban J connectivity index is 1.23. The molecule has 1 heterocycles. The van der Waals surface area contributed by atoms with Crippen LogP contribution in [-0.4, -0.2) is 33.5 Å². The Bertz CT molecular complexity index is 1240. The summed E-state index contributed by atoms with van der Waals surface area (Å²) in [4.78, 5) is 37.2. The molecule has 1 fully saturated rings. The van der Waals surface area contributed by atoms with Crippen LogP contribution in [0.1, 0.15) is 96.5 Å². The van der Waals surface area contributed by atoms with Crippen molar-refractivity contribution in [3.8, 4) is 0 Å². The molecular formula is C30H35N3O4S. The van der Waals surface area contributed by atoms with Gasteiger partial charge in [0, 0.05) is 30.4 Å². The van der Waals surface area contributed by atoms with Gasteiger partial charge in [0.1, 0.15) is 10.6 Å². The zero-order valence-electron chi connectivity index (χ0n) is 22.2. The third kappa shape index (κ3) is 8.05. The molecule has 0 bridgehead atoms. The first-order valence-electron chi connectivity index (χ1n) is 13.2. The number of amides is 1. The van der Waals surface area contributed by atoms with Crippen molar-refractivity contribution in [2.24, 2.45) is 5.92 Å². The first kappa shape index (κ1) is 27.6. The molecule has 8 heteroatoms. The van der Waals surface area contributed by atoms with Crippen molar-refractivity contribution >= 4 is 34.1 Å². The van der Waals surface area contributed by atoms with Gasteiger partial charge >= 0.3 is 5.97 Å². The number of aryl methyl sites for hydroxylation is 1. The predicted octanol–water partition coefficient (Wildman–Crippen LogP) is 6.61. The number of benzene rings is 2. The molecule has 38 heavy (non-hydrogen) atoms. The van der Waals surface area contributed by atoms with Gasteiger partial charge in [0.15, 0.2) is 5.78 Å². The number of aromatic nitrogens is 2. The number of ether oxygens (including phenoxy) is 1. The Labute approximate surface area is 228 Å². The van der Waals surface area contributed by atoms with Gasteiger partial charge in [-0.1, -0.05) is 53.8 Å². The average Bonchev–Trinajstić information content (AvgIpc) is 3.34. The van der Waals surface area contributed by atoms with E-state index in [1.165, 1.54) is 16.9 Å². The van der Waals surface area contributed by atoms with Crippen LogP contribution in [-0.2, 0) is 16.0 Å². The summed E-state index contributed by atoms with van der Waals surface area (Å²) in [6.45, 7) is 5.69. The highest BCUT2D eigenvalue weighted by Gasteiger charge is 2.26. The van der Waals surface area contributed by atoms with Crippen LogP contribution in [0.4, 0.5) is 5.13 Å². The minimum Gasteiger partial charge on any atom is -0.460 e. The van der Waals surface area contributed by atoms with Crippen LogP contribution in [0.5, 0.6) is 0 Å². The average molecular weight is 534 g/mol. The number of Topliss-reactive ketones (excluding diaryl/α,β-unsaturated/α-hetero) is 1. The third-order valence-corrected chi connectivity index (χ3v) is 7.61. The molecule has 1 saturated carbocycles. The molecule has 1 aromatic heterocycles. The van der Waals surface area contributed by atoms with E-state index in [1.54, 1.807) is 12.1 Å². The smallest absolute Gasteiger partial charge is 0.306 e. The molecule has 200 valence electrons. The zero-order chi connectivity index (χ0) is 27.1. The lowest BCUT2D eigenvalue weighted by Gasteiger charge is -2.29. The molecule has 1 N–H and O–H groups in total. The van der Waals surface area contributed by atoms with Crippen molar-refractivity contribution in [1.29, 1.82) is 0 Å². The van der Waals surface area contributed by atoms with E-state index in [4.69, 9.17) is 4.74 Å². The third-order valence-electron chi connectivity index (χ3n) is 6.72. The van der Waals surface area contributed by atoms with E-state index in [0.717, 1.165) is 25.7 Å². The van der Waals surface area contributed by atoms with Gasteiger partial charge in [0.25, 0.3) is 5.91 Å². The van der Waals surface area contributed by atoms with E-state index in [9.17, 15) is 14.4 Å². The standard InChI is InChI=1S/C30H35N3O4S/c1-30(2,3)37-27(35)19-20-9-11-21(12-10-20)22-13-15-24(16-14-22)28(36)31-29-33-32-26(38-29)18-17-25(34)23-7-5-4-6-8-23/h4-8,13-16,20-21H,9-12,17-19H2,1-3H3,(H,31,33,36). The SMILES string of the molecule is CC(C)(C)OC(=O)CC1CCC(c2ccc(C(=O)Nc3nnc(CCC(=O)c4ccccc4)s3)cc2)CC1. The van der Waals surface area contributed by atoms with Gasteiger partial charge in [-0.05, 0) is 76.0 Å². The summed E-state index contributed by atoms with van der Waals surface area (Å²) in [6.07, 6.45) is 5.37. The van der Waals surface area contributed by atoms with Crippen molar-refractivity contribution in [2.75, 3.05) is 5.32 Å². The summed E-state index contributed by atoms with van der Waals surface area (Å²) in [5, 5.41) is 12.1. The molecule has 3 aromatic rings. The molecule has 1 aliphatic carbocycles. The van der Waals surface area contributed by atoms with Gasteiger partial charge in [-0.15, -0.1) is 10.2 Å². The topological polar surface area (TPSA) is 98.2 Å². The maximum absolute atomic E-state index is 12.7. The zero-order valence-corrected chi connectivity index (χ0v) is 23.1. The largest absolute Gasteiger partial charge is 0.460 e. The number of hydrogen-bond acceptors (Lipinski definition) is 7. The summed E-state index contributed by atoms with van der Waals surface area (Å²) >= 11 is 1.29. The highest BCUT2D eigenvalue weighted by molar-refractivity contribution is 7.15. The van der Waals surface area contributed by atoms with Crippen LogP contribution in [0.2, 0.25) is 0 Å². The van der Waals surface area contributed by atoms with E-state index in [0.29, 0.717) is 52.4 Å². The summed E-state index contributed by atoms with van der Waals surface area (Å²) in [5.74, 6) is 0.522. The van der Waals surface area contributed by atoms with Gasteiger partial charge < -0.3 is 4.74 Å². The van der Waals surface area contributed by atoms with Crippen molar-refractivity contribution in [3.63, 3.8) is 0 Å². The molecule has 0 saturated heterocycles. The monoisotopic (exact) mass is 533 g/mol. The number of nitrogens with zero attached hydrogens (tertiary/aromatic N) is 2. The van der Waals surface area contributed by atoms with Crippen LogP contribution < -0.4 is 5.32 Å². The number of carbonyl (C=O) groups excluding carboxylic acids is 3. The normalized spacial score (nSPS) is 17.6. The molecule has 1 aliphatic rings. The molecule has 0 radical (unpaired) electrons. The Morgan fingerprint density at radius 2 is 1.61 bits per heavy atom. The lowest BCUT2D eigenvalue weighted by Crippen LogP contribution is -2.26. The quantitative estimate of drug-likeness (QED) is 0.245. The van der Waals surface area contributed by atoms with E-state index in [-0.39, 0.29) is 17.7 Å². The van der Waals surface area contributed by atoms with Crippen molar-refractivity contribution in [2.45, 2.75) is 77.2 Å². The highest BCUT2D eigenvalue weighted by Crippen LogP contribution is 2.37. The van der Waals surface area contributed by atoms with Crippen LogP contribution >= 0.6 is 11.3 Å². The lowest BCUT2D eigenvalue weighted by molar-refractivity contribution is -0.156. The van der Waals surface area contributed by atoms with Crippen LogP contribution in [0.25, 0.3) is 0 Å². The van der Waals surface area contributed by atoms with Gasteiger partial charge in [0.2, 0.25) is 5.13 Å². The van der Waals surface area contributed by atoms with Crippen LogP contribution in [0.3, 0.4) is 0 Å². The molecule has 7 nitrogen and oxygen atoms in total. The molecule has 1 amide bonds. The van der Waals surface area contributed by atoms with Gasteiger partial charge in [-0.2, -0.15) is 0 Å². The van der Waals surface area contributed by atoms with Crippen LogP contribution in [0, 0.1) is 5.92 Å².